The predicted octanol–water partition coefficient (Wildman–Crippen LogP) is 2.35. The number of aromatic amines is 1. The summed E-state index contributed by atoms with van der Waals surface area (Å²) in [5.74, 6) is 0.922. The molecule has 0 fully saturated rings. The van der Waals surface area contributed by atoms with Crippen molar-refractivity contribution in [3.05, 3.63) is 40.3 Å². The van der Waals surface area contributed by atoms with Crippen molar-refractivity contribution in [3.63, 3.8) is 0 Å². The first-order valence-corrected chi connectivity index (χ1v) is 8.99. The summed E-state index contributed by atoms with van der Waals surface area (Å²) < 4.78 is 5.21. The second kappa shape index (κ2) is 6.67. The SMILES string of the molecule is CN(Cc1n[nH]c2c1CCC2)C(=O)NCc1noc(-c2cccs2)n1. The van der Waals surface area contributed by atoms with Crippen LogP contribution in [-0.4, -0.2) is 38.3 Å². The quantitative estimate of drug-likeness (QED) is 0.729. The topological polar surface area (TPSA) is 99.9 Å². The number of aryl methyl sites for hydroxylation is 1. The smallest absolute Gasteiger partial charge is 0.317 e. The lowest BCUT2D eigenvalue weighted by atomic mass is 10.2. The average Bonchev–Trinajstić information content (AvgIpc) is 3.36. The Labute approximate surface area is 148 Å². The third kappa shape index (κ3) is 3.27. The van der Waals surface area contributed by atoms with Crippen molar-refractivity contribution in [2.24, 2.45) is 0 Å². The van der Waals surface area contributed by atoms with E-state index in [4.69, 9.17) is 4.52 Å². The molecule has 25 heavy (non-hydrogen) atoms. The van der Waals surface area contributed by atoms with Crippen LogP contribution in [0.1, 0.15) is 29.2 Å². The highest BCUT2D eigenvalue weighted by Crippen LogP contribution is 2.24. The van der Waals surface area contributed by atoms with Crippen LogP contribution in [0, 0.1) is 0 Å². The standard InChI is InChI=1S/C16H18N6O2S/c1-22(9-12-10-4-2-5-11(10)19-20-12)16(23)17-8-14-18-15(24-21-14)13-6-3-7-25-13/h3,6-7H,2,4-5,8-9H2,1H3,(H,17,23)(H,19,20). The van der Waals surface area contributed by atoms with Gasteiger partial charge in [-0.2, -0.15) is 10.1 Å². The number of H-pyrrole nitrogens is 1. The summed E-state index contributed by atoms with van der Waals surface area (Å²) in [4.78, 5) is 19.1. The number of nitrogens with one attached hydrogen (secondary N) is 2. The van der Waals surface area contributed by atoms with Gasteiger partial charge in [-0.25, -0.2) is 4.79 Å². The number of hydrogen-bond donors (Lipinski definition) is 2. The van der Waals surface area contributed by atoms with E-state index in [1.54, 1.807) is 11.9 Å². The molecule has 0 bridgehead atoms. The molecule has 9 heteroatoms. The zero-order valence-corrected chi connectivity index (χ0v) is 14.6. The van der Waals surface area contributed by atoms with Crippen LogP contribution in [0.2, 0.25) is 0 Å². The maximum Gasteiger partial charge on any atom is 0.317 e. The van der Waals surface area contributed by atoms with Crippen molar-refractivity contribution in [2.75, 3.05) is 7.05 Å². The fraction of sp³-hybridized carbons (Fsp3) is 0.375. The van der Waals surface area contributed by atoms with E-state index in [-0.39, 0.29) is 12.6 Å². The van der Waals surface area contributed by atoms with Crippen molar-refractivity contribution in [2.45, 2.75) is 32.4 Å². The molecule has 0 radical (unpaired) electrons. The summed E-state index contributed by atoms with van der Waals surface area (Å²) in [5.41, 5.74) is 3.42. The Bertz CT molecular complexity index is 869. The molecule has 0 spiro atoms. The van der Waals surface area contributed by atoms with Crippen LogP contribution in [0.25, 0.3) is 10.8 Å². The van der Waals surface area contributed by atoms with Crippen molar-refractivity contribution in [1.29, 1.82) is 0 Å². The van der Waals surface area contributed by atoms with Crippen LogP contribution in [0.15, 0.2) is 22.0 Å². The van der Waals surface area contributed by atoms with E-state index in [0.29, 0.717) is 18.3 Å². The van der Waals surface area contributed by atoms with Gasteiger partial charge in [0.05, 0.1) is 23.7 Å². The Morgan fingerprint density at radius 3 is 3.24 bits per heavy atom. The monoisotopic (exact) mass is 358 g/mol. The third-order valence-electron chi connectivity index (χ3n) is 4.22. The highest BCUT2D eigenvalue weighted by Gasteiger charge is 2.20. The fourth-order valence-electron chi connectivity index (χ4n) is 2.93. The molecule has 3 heterocycles. The Hall–Kier alpha value is -2.68. The Morgan fingerprint density at radius 2 is 2.40 bits per heavy atom. The average molecular weight is 358 g/mol. The number of urea groups is 1. The largest absolute Gasteiger partial charge is 0.333 e. The number of carbonyl (C=O) groups is 1. The summed E-state index contributed by atoms with van der Waals surface area (Å²) >= 11 is 1.53. The molecule has 1 aliphatic carbocycles. The molecular formula is C16H18N6O2S. The molecule has 8 nitrogen and oxygen atoms in total. The highest BCUT2D eigenvalue weighted by atomic mass is 32.1. The van der Waals surface area contributed by atoms with Gasteiger partial charge in [0.1, 0.15) is 0 Å². The Balaban J connectivity index is 1.32. The Kier molecular flexibility index (Phi) is 4.22. The van der Waals surface area contributed by atoms with E-state index in [0.717, 1.165) is 29.8 Å². The first-order chi connectivity index (χ1) is 12.2. The first-order valence-electron chi connectivity index (χ1n) is 8.11. The molecule has 3 aromatic heterocycles. The molecule has 2 amide bonds. The van der Waals surface area contributed by atoms with Gasteiger partial charge in [0, 0.05) is 12.7 Å². The minimum absolute atomic E-state index is 0.197. The van der Waals surface area contributed by atoms with E-state index >= 15 is 0 Å². The number of carbonyl (C=O) groups excluding carboxylic acids is 1. The first kappa shape index (κ1) is 15.8. The second-order valence-corrected chi connectivity index (χ2v) is 6.94. The zero-order chi connectivity index (χ0) is 17.2. The second-order valence-electron chi connectivity index (χ2n) is 5.99. The summed E-state index contributed by atoms with van der Waals surface area (Å²) in [7, 11) is 1.75. The van der Waals surface area contributed by atoms with Gasteiger partial charge in [0.2, 0.25) is 0 Å². The normalized spacial score (nSPS) is 13.0. The number of rotatable bonds is 5. The van der Waals surface area contributed by atoms with Crippen LogP contribution >= 0.6 is 11.3 Å². The van der Waals surface area contributed by atoms with E-state index in [1.165, 1.54) is 22.6 Å². The predicted molar refractivity (Wildman–Crippen MR) is 91.9 cm³/mol. The van der Waals surface area contributed by atoms with Crippen molar-refractivity contribution in [1.82, 2.24) is 30.6 Å². The van der Waals surface area contributed by atoms with E-state index in [2.05, 4.69) is 25.7 Å². The molecule has 0 atom stereocenters. The summed E-state index contributed by atoms with van der Waals surface area (Å²) in [5, 5.41) is 16.0. The van der Waals surface area contributed by atoms with Crippen LogP contribution in [-0.2, 0) is 25.9 Å². The van der Waals surface area contributed by atoms with Gasteiger partial charge in [0.25, 0.3) is 5.89 Å². The molecule has 130 valence electrons. The number of thiophene rings is 1. The van der Waals surface area contributed by atoms with Crippen molar-refractivity contribution in [3.8, 4) is 10.8 Å². The van der Waals surface area contributed by atoms with Crippen molar-refractivity contribution < 1.29 is 9.32 Å². The molecule has 0 aliphatic heterocycles. The molecular weight excluding hydrogens is 340 g/mol. The summed E-state index contributed by atoms with van der Waals surface area (Å²) in [6, 6.07) is 3.64. The van der Waals surface area contributed by atoms with E-state index in [9.17, 15) is 4.79 Å². The fourth-order valence-corrected chi connectivity index (χ4v) is 3.58. The highest BCUT2D eigenvalue weighted by molar-refractivity contribution is 7.13. The number of hydrogen-bond acceptors (Lipinski definition) is 6. The third-order valence-corrected chi connectivity index (χ3v) is 5.08. The van der Waals surface area contributed by atoms with E-state index < -0.39 is 0 Å². The van der Waals surface area contributed by atoms with Crippen LogP contribution in [0.5, 0.6) is 0 Å². The molecule has 3 aromatic rings. The van der Waals surface area contributed by atoms with Gasteiger partial charge in [-0.05, 0) is 36.3 Å². The summed E-state index contributed by atoms with van der Waals surface area (Å²) in [6.45, 7) is 0.696. The van der Waals surface area contributed by atoms with E-state index in [1.807, 2.05) is 17.5 Å². The van der Waals surface area contributed by atoms with Gasteiger partial charge in [-0.3, -0.25) is 5.10 Å². The number of amides is 2. The maximum atomic E-state index is 12.3. The molecule has 0 saturated carbocycles. The zero-order valence-electron chi connectivity index (χ0n) is 13.8. The minimum atomic E-state index is -0.197. The van der Waals surface area contributed by atoms with Gasteiger partial charge in [0.15, 0.2) is 5.82 Å². The lowest BCUT2D eigenvalue weighted by molar-refractivity contribution is 0.205. The van der Waals surface area contributed by atoms with Gasteiger partial charge in [-0.1, -0.05) is 11.2 Å². The number of fused-ring (bicyclic) bond motifs is 1. The lowest BCUT2D eigenvalue weighted by Crippen LogP contribution is -2.36. The number of aromatic nitrogens is 4. The molecule has 0 aromatic carbocycles. The number of nitrogens with zero attached hydrogens (tertiary/aromatic N) is 4. The van der Waals surface area contributed by atoms with Gasteiger partial charge >= 0.3 is 6.03 Å². The lowest BCUT2D eigenvalue weighted by Gasteiger charge is -2.16. The molecule has 1 aliphatic rings. The molecule has 4 rings (SSSR count). The van der Waals surface area contributed by atoms with Crippen molar-refractivity contribution >= 4 is 17.4 Å². The van der Waals surface area contributed by atoms with Crippen LogP contribution in [0.4, 0.5) is 4.79 Å². The minimum Gasteiger partial charge on any atom is -0.333 e. The van der Waals surface area contributed by atoms with Crippen LogP contribution in [0.3, 0.4) is 0 Å². The maximum absolute atomic E-state index is 12.3. The van der Waals surface area contributed by atoms with Gasteiger partial charge < -0.3 is 14.7 Å². The molecule has 0 saturated heterocycles. The molecule has 2 N–H and O–H groups in total. The van der Waals surface area contributed by atoms with Gasteiger partial charge in [-0.15, -0.1) is 11.3 Å². The Morgan fingerprint density at radius 1 is 1.48 bits per heavy atom. The summed E-state index contributed by atoms with van der Waals surface area (Å²) in [6.07, 6.45) is 3.23. The van der Waals surface area contributed by atoms with Crippen LogP contribution < -0.4 is 5.32 Å². The molecule has 0 unspecified atom stereocenters.